The molecule has 1 nitrogen and oxygen atoms in total. The van der Waals surface area contributed by atoms with Gasteiger partial charge in [0.2, 0.25) is 0 Å². The summed E-state index contributed by atoms with van der Waals surface area (Å²) in [5, 5.41) is 0. The van der Waals surface area contributed by atoms with Crippen molar-refractivity contribution in [2.24, 2.45) is 0 Å². The second-order valence-electron chi connectivity index (χ2n) is 5.18. The highest BCUT2D eigenvalue weighted by Gasteiger charge is 2.19. The number of hydrogen-bond acceptors (Lipinski definition) is 1. The third-order valence-electron chi connectivity index (χ3n) is 3.97. The van der Waals surface area contributed by atoms with E-state index in [0.29, 0.717) is 0 Å². The van der Waals surface area contributed by atoms with E-state index in [2.05, 4.69) is 42.2 Å². The molecule has 0 aliphatic carbocycles. The third-order valence-corrected chi connectivity index (χ3v) is 3.97. The molecule has 1 unspecified atom stereocenters. The average molecular weight is 231 g/mol. The van der Waals surface area contributed by atoms with Crippen molar-refractivity contribution >= 4 is 0 Å². The van der Waals surface area contributed by atoms with Gasteiger partial charge in [-0.1, -0.05) is 43.7 Å². The molecule has 1 aliphatic heterocycles. The zero-order valence-electron chi connectivity index (χ0n) is 11.1. The van der Waals surface area contributed by atoms with E-state index in [9.17, 15) is 0 Å². The van der Waals surface area contributed by atoms with Gasteiger partial charge in [0, 0.05) is 6.04 Å². The van der Waals surface area contributed by atoms with Gasteiger partial charge in [-0.3, -0.25) is 0 Å². The van der Waals surface area contributed by atoms with E-state index in [1.54, 1.807) is 0 Å². The molecule has 0 N–H and O–H groups in total. The summed E-state index contributed by atoms with van der Waals surface area (Å²) in [7, 11) is 0. The lowest BCUT2D eigenvalue weighted by atomic mass is 9.99. The number of piperidine rings is 1. The second kappa shape index (κ2) is 6.80. The van der Waals surface area contributed by atoms with Gasteiger partial charge in [-0.25, -0.2) is 0 Å². The maximum atomic E-state index is 2.71. The van der Waals surface area contributed by atoms with Gasteiger partial charge in [-0.15, -0.1) is 0 Å². The van der Waals surface area contributed by atoms with Crippen LogP contribution in [-0.2, 0) is 6.42 Å². The minimum Gasteiger partial charge on any atom is -0.300 e. The van der Waals surface area contributed by atoms with E-state index < -0.39 is 0 Å². The van der Waals surface area contributed by atoms with Crippen LogP contribution in [0.5, 0.6) is 0 Å². The zero-order valence-corrected chi connectivity index (χ0v) is 11.1. The van der Waals surface area contributed by atoms with Gasteiger partial charge in [0.15, 0.2) is 0 Å². The first-order valence-corrected chi connectivity index (χ1v) is 7.18. The van der Waals surface area contributed by atoms with Gasteiger partial charge in [-0.05, 0) is 50.8 Å². The molecule has 1 fully saturated rings. The fourth-order valence-corrected chi connectivity index (χ4v) is 2.95. The van der Waals surface area contributed by atoms with Crippen molar-refractivity contribution in [2.45, 2.75) is 51.5 Å². The lowest BCUT2D eigenvalue weighted by Crippen LogP contribution is -2.39. The Labute approximate surface area is 106 Å². The third kappa shape index (κ3) is 3.85. The standard InChI is InChI=1S/C16H25N/c1-2-16-12-6-7-13-17(16)14-8-11-15-9-4-3-5-10-15/h3-5,9-10,16H,2,6-8,11-14H2,1H3. The minimum absolute atomic E-state index is 0.861. The van der Waals surface area contributed by atoms with E-state index in [0.717, 1.165) is 6.04 Å². The van der Waals surface area contributed by atoms with Crippen molar-refractivity contribution in [3.63, 3.8) is 0 Å². The van der Waals surface area contributed by atoms with Gasteiger partial charge in [-0.2, -0.15) is 0 Å². The second-order valence-corrected chi connectivity index (χ2v) is 5.18. The molecule has 0 bridgehead atoms. The smallest absolute Gasteiger partial charge is 0.00926 e. The zero-order chi connectivity index (χ0) is 11.9. The van der Waals surface area contributed by atoms with Gasteiger partial charge in [0.05, 0.1) is 0 Å². The Balaban J connectivity index is 1.74. The molecule has 0 aromatic heterocycles. The van der Waals surface area contributed by atoms with Crippen LogP contribution in [0, 0.1) is 0 Å². The Bertz CT molecular complexity index is 307. The molecule has 1 heteroatoms. The number of likely N-dealkylation sites (tertiary alicyclic amines) is 1. The summed E-state index contributed by atoms with van der Waals surface area (Å²) < 4.78 is 0. The normalized spacial score (nSPS) is 21.6. The number of nitrogens with zero attached hydrogens (tertiary/aromatic N) is 1. The summed E-state index contributed by atoms with van der Waals surface area (Å²) in [6, 6.07) is 11.7. The summed E-state index contributed by atoms with van der Waals surface area (Å²) in [6.45, 7) is 4.95. The minimum atomic E-state index is 0.861. The number of rotatable bonds is 5. The molecule has 1 aromatic carbocycles. The summed E-state index contributed by atoms with van der Waals surface area (Å²) in [4.78, 5) is 2.71. The van der Waals surface area contributed by atoms with Crippen LogP contribution in [0.15, 0.2) is 30.3 Å². The molecule has 0 amide bonds. The highest BCUT2D eigenvalue weighted by molar-refractivity contribution is 5.14. The van der Waals surface area contributed by atoms with Gasteiger partial charge < -0.3 is 4.90 Å². The average Bonchev–Trinajstić information content (AvgIpc) is 2.40. The summed E-state index contributed by atoms with van der Waals surface area (Å²) in [5.74, 6) is 0. The van der Waals surface area contributed by atoms with Crippen LogP contribution >= 0.6 is 0 Å². The Kier molecular flexibility index (Phi) is 5.06. The van der Waals surface area contributed by atoms with Crippen molar-refractivity contribution in [2.75, 3.05) is 13.1 Å². The van der Waals surface area contributed by atoms with E-state index in [4.69, 9.17) is 0 Å². The first-order valence-electron chi connectivity index (χ1n) is 7.18. The van der Waals surface area contributed by atoms with Crippen molar-refractivity contribution in [1.82, 2.24) is 4.90 Å². The summed E-state index contributed by atoms with van der Waals surface area (Å²) in [6.07, 6.45) is 8.12. The Morgan fingerprint density at radius 3 is 2.76 bits per heavy atom. The van der Waals surface area contributed by atoms with Crippen molar-refractivity contribution < 1.29 is 0 Å². The largest absolute Gasteiger partial charge is 0.300 e. The highest BCUT2D eigenvalue weighted by Crippen LogP contribution is 2.19. The van der Waals surface area contributed by atoms with Crippen molar-refractivity contribution in [3.05, 3.63) is 35.9 Å². The highest BCUT2D eigenvalue weighted by atomic mass is 15.2. The van der Waals surface area contributed by atoms with Crippen LogP contribution in [-0.4, -0.2) is 24.0 Å². The van der Waals surface area contributed by atoms with Gasteiger partial charge in [0.1, 0.15) is 0 Å². The Hall–Kier alpha value is -0.820. The monoisotopic (exact) mass is 231 g/mol. The van der Waals surface area contributed by atoms with E-state index in [1.807, 2.05) is 0 Å². The van der Waals surface area contributed by atoms with Crippen LogP contribution in [0.25, 0.3) is 0 Å². The molecule has 0 saturated carbocycles. The predicted octanol–water partition coefficient (Wildman–Crippen LogP) is 3.88. The molecule has 1 aromatic rings. The van der Waals surface area contributed by atoms with Crippen LogP contribution in [0.1, 0.15) is 44.6 Å². The van der Waals surface area contributed by atoms with Crippen molar-refractivity contribution in [3.8, 4) is 0 Å². The van der Waals surface area contributed by atoms with Gasteiger partial charge in [0.25, 0.3) is 0 Å². The molecular formula is C16H25N. The van der Waals surface area contributed by atoms with Crippen LogP contribution in [0.4, 0.5) is 0 Å². The van der Waals surface area contributed by atoms with Crippen molar-refractivity contribution in [1.29, 1.82) is 0 Å². The fraction of sp³-hybridized carbons (Fsp3) is 0.625. The molecule has 1 atom stereocenters. The summed E-state index contributed by atoms with van der Waals surface area (Å²) >= 11 is 0. The Morgan fingerprint density at radius 1 is 1.18 bits per heavy atom. The summed E-state index contributed by atoms with van der Waals surface area (Å²) in [5.41, 5.74) is 1.48. The van der Waals surface area contributed by atoms with Crippen LogP contribution < -0.4 is 0 Å². The number of benzene rings is 1. The fourth-order valence-electron chi connectivity index (χ4n) is 2.95. The molecule has 0 spiro atoms. The molecule has 94 valence electrons. The van der Waals surface area contributed by atoms with E-state index >= 15 is 0 Å². The molecule has 17 heavy (non-hydrogen) atoms. The van der Waals surface area contributed by atoms with E-state index in [-0.39, 0.29) is 0 Å². The maximum Gasteiger partial charge on any atom is 0.00926 e. The topological polar surface area (TPSA) is 3.24 Å². The van der Waals surface area contributed by atoms with Crippen LogP contribution in [0.3, 0.4) is 0 Å². The SMILES string of the molecule is CCC1CCCCN1CCCc1ccccc1. The first kappa shape index (κ1) is 12.6. The number of aryl methyl sites for hydroxylation is 1. The Morgan fingerprint density at radius 2 is 2.00 bits per heavy atom. The van der Waals surface area contributed by atoms with Gasteiger partial charge >= 0.3 is 0 Å². The maximum absolute atomic E-state index is 2.71. The molecule has 0 radical (unpaired) electrons. The molecular weight excluding hydrogens is 206 g/mol. The quantitative estimate of drug-likeness (QED) is 0.743. The van der Waals surface area contributed by atoms with Crippen LogP contribution in [0.2, 0.25) is 0 Å². The molecule has 1 heterocycles. The van der Waals surface area contributed by atoms with E-state index in [1.165, 1.54) is 57.2 Å². The number of hydrogen-bond donors (Lipinski definition) is 0. The molecule has 1 saturated heterocycles. The lowest BCUT2D eigenvalue weighted by Gasteiger charge is -2.35. The molecule has 1 aliphatic rings. The predicted molar refractivity (Wildman–Crippen MR) is 74.3 cm³/mol. The first-order chi connectivity index (χ1) is 8.40. The molecule has 2 rings (SSSR count). The lowest BCUT2D eigenvalue weighted by molar-refractivity contribution is 0.142.